The number of likely N-dealkylation sites (N-methyl/N-ethyl adjacent to an activating group) is 1. The molecule has 0 radical (unpaired) electrons. The predicted molar refractivity (Wildman–Crippen MR) is 36.9 cm³/mol. The Morgan fingerprint density at radius 3 is 3.00 bits per heavy atom. The first kappa shape index (κ1) is 7.93. The van der Waals surface area contributed by atoms with Crippen LogP contribution in [0.2, 0.25) is 5.28 Å². The molecule has 0 atom stereocenters. The van der Waals surface area contributed by atoms with E-state index in [0.29, 0.717) is 0 Å². The maximum Gasteiger partial charge on any atom is 0.243 e. The highest BCUT2D eigenvalue weighted by Crippen LogP contribution is 1.98. The lowest BCUT2D eigenvalue weighted by Crippen LogP contribution is -2.24. The van der Waals surface area contributed by atoms with Gasteiger partial charge in [-0.3, -0.25) is 4.79 Å². The van der Waals surface area contributed by atoms with Gasteiger partial charge in [-0.25, -0.2) is 4.68 Å². The van der Waals surface area contributed by atoms with Crippen molar-refractivity contribution in [3.63, 3.8) is 0 Å². The van der Waals surface area contributed by atoms with E-state index >= 15 is 0 Å². The normalized spacial score (nSPS) is 9.64. The number of nitrogens with one attached hydrogen (secondary N) is 1. The lowest BCUT2D eigenvalue weighted by molar-refractivity contribution is -0.121. The maximum absolute atomic E-state index is 10.7. The zero-order chi connectivity index (χ0) is 8.27. The molecule has 0 unspecified atom stereocenters. The minimum atomic E-state index is -0.195. The molecule has 1 rings (SSSR count). The molecule has 1 heterocycles. The molecule has 7 heteroatoms. The number of amides is 1. The summed E-state index contributed by atoms with van der Waals surface area (Å²) in [4.78, 5) is 10.7. The van der Waals surface area contributed by atoms with Crippen molar-refractivity contribution in [1.29, 1.82) is 0 Å². The molecule has 0 spiro atoms. The van der Waals surface area contributed by atoms with E-state index in [0.717, 1.165) is 0 Å². The lowest BCUT2D eigenvalue weighted by Gasteiger charge is -1.97. The largest absolute Gasteiger partial charge is 0.358 e. The molecule has 1 aromatic heterocycles. The summed E-state index contributed by atoms with van der Waals surface area (Å²) < 4.78 is 1.19. The number of nitrogens with zero attached hydrogens (tertiary/aromatic N) is 4. The van der Waals surface area contributed by atoms with E-state index < -0.39 is 0 Å². The first-order valence-electron chi connectivity index (χ1n) is 2.86. The Balaban J connectivity index is 2.64. The fourth-order valence-electron chi connectivity index (χ4n) is 0.506. The summed E-state index contributed by atoms with van der Waals surface area (Å²) in [5.74, 6) is -0.195. The summed E-state index contributed by atoms with van der Waals surface area (Å²) in [5, 5.41) is 12.6. The number of hydrogen-bond donors (Lipinski definition) is 1. The first-order chi connectivity index (χ1) is 5.24. The smallest absolute Gasteiger partial charge is 0.243 e. The second kappa shape index (κ2) is 3.29. The molecule has 0 aliphatic rings. The molecule has 60 valence electrons. The van der Waals surface area contributed by atoms with Crippen molar-refractivity contribution in [1.82, 2.24) is 25.5 Å². The summed E-state index contributed by atoms with van der Waals surface area (Å²) in [6, 6.07) is 0. The van der Waals surface area contributed by atoms with Crippen LogP contribution in [0, 0.1) is 0 Å². The first-order valence-corrected chi connectivity index (χ1v) is 3.24. The van der Waals surface area contributed by atoms with Gasteiger partial charge >= 0.3 is 0 Å². The zero-order valence-corrected chi connectivity index (χ0v) is 6.54. The van der Waals surface area contributed by atoms with Gasteiger partial charge in [-0.2, -0.15) is 0 Å². The van der Waals surface area contributed by atoms with Gasteiger partial charge < -0.3 is 5.32 Å². The number of carbonyl (C=O) groups is 1. The predicted octanol–water partition coefficient (Wildman–Crippen LogP) is -0.928. The quantitative estimate of drug-likeness (QED) is 0.631. The van der Waals surface area contributed by atoms with Crippen LogP contribution >= 0.6 is 11.6 Å². The van der Waals surface area contributed by atoms with Gasteiger partial charge in [0.05, 0.1) is 0 Å². The fourth-order valence-corrected chi connectivity index (χ4v) is 0.633. The highest BCUT2D eigenvalue weighted by atomic mass is 35.5. The van der Waals surface area contributed by atoms with E-state index in [2.05, 4.69) is 20.8 Å². The SMILES string of the molecule is CNC(=O)Cn1nnnc1Cl. The average Bonchev–Trinajstić information content (AvgIpc) is 2.37. The standard InChI is InChI=1S/C4H6ClN5O/c1-6-3(11)2-10-4(5)7-8-9-10/h2H2,1H3,(H,6,11). The summed E-state index contributed by atoms with van der Waals surface area (Å²) in [6.07, 6.45) is 0. The Morgan fingerprint density at radius 2 is 2.55 bits per heavy atom. The Kier molecular flexibility index (Phi) is 2.37. The topological polar surface area (TPSA) is 72.7 Å². The second-order valence-electron chi connectivity index (χ2n) is 1.78. The minimum Gasteiger partial charge on any atom is -0.358 e. The Hall–Kier alpha value is -1.17. The van der Waals surface area contributed by atoms with E-state index in [1.807, 2.05) is 0 Å². The van der Waals surface area contributed by atoms with Gasteiger partial charge in [0, 0.05) is 7.05 Å². The van der Waals surface area contributed by atoms with Crippen LogP contribution in [0.1, 0.15) is 0 Å². The third-order valence-corrected chi connectivity index (χ3v) is 1.33. The van der Waals surface area contributed by atoms with E-state index in [1.165, 1.54) is 11.7 Å². The molecule has 0 fully saturated rings. The van der Waals surface area contributed by atoms with Crippen molar-refractivity contribution in [3.8, 4) is 0 Å². The third-order valence-electron chi connectivity index (χ3n) is 1.06. The minimum absolute atomic E-state index is 0.0440. The summed E-state index contributed by atoms with van der Waals surface area (Å²) >= 11 is 5.49. The van der Waals surface area contributed by atoms with E-state index in [9.17, 15) is 4.79 Å². The fraction of sp³-hybridized carbons (Fsp3) is 0.500. The molecule has 11 heavy (non-hydrogen) atoms. The van der Waals surface area contributed by atoms with Gasteiger partial charge in [0.2, 0.25) is 11.2 Å². The summed E-state index contributed by atoms with van der Waals surface area (Å²) in [6.45, 7) is 0.0440. The van der Waals surface area contributed by atoms with Crippen LogP contribution in [0.4, 0.5) is 0 Å². The lowest BCUT2D eigenvalue weighted by atomic mass is 10.6. The van der Waals surface area contributed by atoms with E-state index in [-0.39, 0.29) is 17.7 Å². The van der Waals surface area contributed by atoms with Gasteiger partial charge in [-0.05, 0) is 22.0 Å². The van der Waals surface area contributed by atoms with Crippen molar-refractivity contribution in [2.75, 3.05) is 7.05 Å². The highest BCUT2D eigenvalue weighted by Gasteiger charge is 2.05. The molecule has 0 aliphatic heterocycles. The van der Waals surface area contributed by atoms with Gasteiger partial charge in [-0.1, -0.05) is 5.10 Å². The molecule has 0 aliphatic carbocycles. The molecule has 0 aromatic carbocycles. The van der Waals surface area contributed by atoms with Crippen LogP contribution in [-0.4, -0.2) is 33.2 Å². The van der Waals surface area contributed by atoms with Crippen molar-refractivity contribution in [2.45, 2.75) is 6.54 Å². The molecule has 0 saturated heterocycles. The monoisotopic (exact) mass is 175 g/mol. The number of halogens is 1. The summed E-state index contributed by atoms with van der Waals surface area (Å²) in [5.41, 5.74) is 0. The summed E-state index contributed by atoms with van der Waals surface area (Å²) in [7, 11) is 1.53. The van der Waals surface area contributed by atoms with Crippen LogP contribution in [0.15, 0.2) is 0 Å². The number of rotatable bonds is 2. The Bertz CT molecular complexity index is 259. The van der Waals surface area contributed by atoms with E-state index in [1.54, 1.807) is 0 Å². The highest BCUT2D eigenvalue weighted by molar-refractivity contribution is 6.28. The van der Waals surface area contributed by atoms with Crippen LogP contribution in [0.5, 0.6) is 0 Å². The molecule has 1 amide bonds. The zero-order valence-electron chi connectivity index (χ0n) is 5.78. The Morgan fingerprint density at radius 1 is 1.82 bits per heavy atom. The Labute approximate surface area is 67.5 Å². The molecule has 0 bridgehead atoms. The number of carbonyl (C=O) groups excluding carboxylic acids is 1. The molecule has 6 nitrogen and oxygen atoms in total. The number of hydrogen-bond acceptors (Lipinski definition) is 4. The second-order valence-corrected chi connectivity index (χ2v) is 2.12. The van der Waals surface area contributed by atoms with Gasteiger partial charge in [0.25, 0.3) is 0 Å². The molecule has 1 aromatic rings. The molecular weight excluding hydrogens is 170 g/mol. The van der Waals surface area contributed by atoms with Gasteiger partial charge in [0.1, 0.15) is 6.54 Å². The van der Waals surface area contributed by atoms with Crippen LogP contribution in [0.25, 0.3) is 0 Å². The van der Waals surface area contributed by atoms with Crippen LogP contribution < -0.4 is 5.32 Å². The molecular formula is C4H6ClN5O. The van der Waals surface area contributed by atoms with Crippen LogP contribution in [0.3, 0.4) is 0 Å². The number of tetrazole rings is 1. The van der Waals surface area contributed by atoms with E-state index in [4.69, 9.17) is 11.6 Å². The van der Waals surface area contributed by atoms with Crippen molar-refractivity contribution in [3.05, 3.63) is 5.28 Å². The van der Waals surface area contributed by atoms with Gasteiger partial charge in [0.15, 0.2) is 0 Å². The molecule has 1 N–H and O–H groups in total. The van der Waals surface area contributed by atoms with Crippen molar-refractivity contribution < 1.29 is 4.79 Å². The molecule has 0 saturated carbocycles. The van der Waals surface area contributed by atoms with Crippen molar-refractivity contribution in [2.24, 2.45) is 0 Å². The third kappa shape index (κ3) is 1.87. The average molecular weight is 176 g/mol. The van der Waals surface area contributed by atoms with Gasteiger partial charge in [-0.15, -0.1) is 0 Å². The van der Waals surface area contributed by atoms with Crippen molar-refractivity contribution >= 4 is 17.5 Å². The number of aromatic nitrogens is 4. The van der Waals surface area contributed by atoms with Crippen LogP contribution in [-0.2, 0) is 11.3 Å². The maximum atomic E-state index is 10.7.